The molecule has 0 aliphatic rings. The molecular weight excluding hydrogens is 697 g/mol. The summed E-state index contributed by atoms with van der Waals surface area (Å²) in [6.07, 6.45) is 2.31. The lowest BCUT2D eigenvalue weighted by Crippen LogP contribution is -2.38. The molecule has 278 valence electrons. The molecule has 3 aromatic carbocycles. The minimum Gasteiger partial charge on any atom is -0.508 e. The van der Waals surface area contributed by atoms with Crippen molar-refractivity contribution in [3.63, 3.8) is 0 Å². The Morgan fingerprint density at radius 2 is 0.920 bits per heavy atom. The molecule has 0 aliphatic heterocycles. The summed E-state index contributed by atoms with van der Waals surface area (Å²) in [7, 11) is -8.98. The summed E-state index contributed by atoms with van der Waals surface area (Å²) in [6.45, 7) is 20.6. The van der Waals surface area contributed by atoms with Gasteiger partial charge in [-0.25, -0.2) is 8.62 Å². The molecule has 1 unspecified atom stereocenters. The van der Waals surface area contributed by atoms with E-state index in [0.29, 0.717) is 24.0 Å². The Labute approximate surface area is 301 Å². The van der Waals surface area contributed by atoms with Crippen molar-refractivity contribution >= 4 is 25.8 Å². The molecule has 0 saturated heterocycles. The molecule has 3 aromatic rings. The number of phenolic OH excluding ortho intramolecular Hbond substituents is 3. The average molecular weight is 753 g/mol. The minimum absolute atomic E-state index is 0.0378. The fourth-order valence-corrected chi connectivity index (χ4v) is 8.49. The van der Waals surface area contributed by atoms with E-state index in [1.807, 2.05) is 54.5 Å². The van der Waals surface area contributed by atoms with Crippen LogP contribution in [0.15, 0.2) is 54.6 Å². The van der Waals surface area contributed by atoms with Crippen molar-refractivity contribution in [2.75, 3.05) is 0 Å². The van der Waals surface area contributed by atoms with Crippen molar-refractivity contribution in [3.05, 3.63) is 88.0 Å². The molecule has 10 nitrogen and oxygen atoms in total. The molecule has 50 heavy (non-hydrogen) atoms. The molecule has 0 spiro atoms. The Bertz CT molecular complexity index is 1520. The Kier molecular flexibility index (Phi) is 14.3. The van der Waals surface area contributed by atoms with Crippen molar-refractivity contribution in [2.24, 2.45) is 0 Å². The summed E-state index contributed by atoms with van der Waals surface area (Å²) >= 11 is 0. The summed E-state index contributed by atoms with van der Waals surface area (Å²) in [5, 5.41) is 32.4. The standard InChI is InChI=1S/C37H55O10P3/c1-11-34(5,6)31-20-25(38)14-17-28(31)24(4)23-37(45-50(46-48(41)42)47-49(43)44,29-18-15-26(39)21-32(29)35(7,8)12-2)30-19-16-27(40)22-33(30)36(9,10)13-3/h14-22,24,38-44H,11-13,23H2,1-10H3. The van der Waals surface area contributed by atoms with Crippen molar-refractivity contribution in [2.45, 2.75) is 123 Å². The highest BCUT2D eigenvalue weighted by atomic mass is 31.3. The Morgan fingerprint density at radius 3 is 1.30 bits per heavy atom. The smallest absolute Gasteiger partial charge is 0.348 e. The molecule has 0 bridgehead atoms. The molecule has 0 aromatic heterocycles. The number of rotatable bonds is 17. The van der Waals surface area contributed by atoms with Gasteiger partial charge in [-0.2, -0.15) is 0 Å². The number of benzene rings is 3. The fraction of sp³-hybridized carbons (Fsp3) is 0.514. The fourth-order valence-electron chi connectivity index (χ4n) is 6.36. The summed E-state index contributed by atoms with van der Waals surface area (Å²) in [5.74, 6) is -0.105. The predicted molar refractivity (Wildman–Crippen MR) is 201 cm³/mol. The van der Waals surface area contributed by atoms with Gasteiger partial charge in [0.25, 0.3) is 0 Å². The maximum absolute atomic E-state index is 10.9. The average Bonchev–Trinajstić information content (AvgIpc) is 3.03. The first-order valence-electron chi connectivity index (χ1n) is 16.9. The van der Waals surface area contributed by atoms with Crippen molar-refractivity contribution in [3.8, 4) is 17.2 Å². The van der Waals surface area contributed by atoms with Gasteiger partial charge in [0.05, 0.1) is 0 Å². The second kappa shape index (κ2) is 16.8. The van der Waals surface area contributed by atoms with Crippen molar-refractivity contribution in [1.82, 2.24) is 0 Å². The highest BCUT2D eigenvalue weighted by Crippen LogP contribution is 2.64. The molecule has 7 N–H and O–H groups in total. The summed E-state index contributed by atoms with van der Waals surface area (Å²) < 4.78 is 17.7. The molecule has 0 saturated carbocycles. The van der Waals surface area contributed by atoms with Gasteiger partial charge in [-0.3, -0.25) is 4.52 Å². The molecular formula is C37H55O10P3. The van der Waals surface area contributed by atoms with Crippen LogP contribution < -0.4 is 0 Å². The molecule has 3 rings (SSSR count). The molecule has 0 radical (unpaired) electrons. The first kappa shape index (κ1) is 42.5. The van der Waals surface area contributed by atoms with Crippen LogP contribution in [0.25, 0.3) is 0 Å². The predicted octanol–water partition coefficient (Wildman–Crippen LogP) is 10.0. The van der Waals surface area contributed by atoms with Crippen LogP contribution in [0.5, 0.6) is 17.2 Å². The van der Waals surface area contributed by atoms with Crippen LogP contribution in [-0.2, 0) is 35.0 Å². The van der Waals surface area contributed by atoms with E-state index in [2.05, 4.69) is 20.8 Å². The second-order valence-electron chi connectivity index (χ2n) is 14.9. The van der Waals surface area contributed by atoms with Crippen molar-refractivity contribution in [1.29, 1.82) is 0 Å². The maximum atomic E-state index is 10.9. The summed E-state index contributed by atoms with van der Waals surface area (Å²) in [6, 6.07) is 15.4. The lowest BCUT2D eigenvalue weighted by molar-refractivity contribution is 0.0740. The van der Waals surface area contributed by atoms with E-state index in [1.165, 1.54) is 0 Å². The lowest BCUT2D eigenvalue weighted by Gasteiger charge is -2.44. The number of phenols is 3. The quantitative estimate of drug-likeness (QED) is 0.0659. The molecule has 0 aliphatic carbocycles. The minimum atomic E-state index is -3.07. The number of hydrogen-bond acceptors (Lipinski definition) is 10. The van der Waals surface area contributed by atoms with Gasteiger partial charge in [-0.05, 0) is 118 Å². The Hall–Kier alpha value is -1.93. The summed E-state index contributed by atoms with van der Waals surface area (Å²) in [5.41, 5.74) is 1.63. The van der Waals surface area contributed by atoms with Gasteiger partial charge in [0.1, 0.15) is 22.8 Å². The van der Waals surface area contributed by atoms with E-state index in [4.69, 9.17) is 13.1 Å². The van der Waals surface area contributed by atoms with E-state index in [-0.39, 0.29) is 35.0 Å². The van der Waals surface area contributed by atoms with E-state index in [9.17, 15) is 34.9 Å². The highest BCUT2D eigenvalue weighted by molar-refractivity contribution is 7.60. The van der Waals surface area contributed by atoms with Crippen LogP contribution in [0, 0.1) is 0 Å². The van der Waals surface area contributed by atoms with Gasteiger partial charge in [0.2, 0.25) is 0 Å². The normalized spacial score (nSPS) is 13.9. The lowest BCUT2D eigenvalue weighted by atomic mass is 9.66. The molecule has 13 heteroatoms. The number of aromatic hydroxyl groups is 3. The van der Waals surface area contributed by atoms with E-state index < -0.39 is 42.2 Å². The summed E-state index contributed by atoms with van der Waals surface area (Å²) in [4.78, 5) is 40.2. The SMILES string of the molecule is CCC(C)(C)c1cc(O)ccc1C(C)CC(OP(OP(O)O)OP(O)O)(c1ccc(O)cc1C(C)(C)CC)c1ccc(O)cc1C(C)(C)CC. The van der Waals surface area contributed by atoms with Crippen molar-refractivity contribution < 1.29 is 48.0 Å². The zero-order valence-corrected chi connectivity index (χ0v) is 33.5. The molecule has 0 amide bonds. The first-order valence-corrected chi connectivity index (χ1v) is 20.3. The monoisotopic (exact) mass is 752 g/mol. The topological polar surface area (TPSA) is 169 Å². The van der Waals surface area contributed by atoms with Gasteiger partial charge in [0, 0.05) is 0 Å². The van der Waals surface area contributed by atoms with E-state index in [0.717, 1.165) is 28.7 Å². The van der Waals surface area contributed by atoms with Crippen LogP contribution in [0.1, 0.15) is 134 Å². The van der Waals surface area contributed by atoms with E-state index in [1.54, 1.807) is 48.5 Å². The van der Waals surface area contributed by atoms with Gasteiger partial charge in [-0.1, -0.05) is 87.4 Å². The first-order chi connectivity index (χ1) is 23.1. The van der Waals surface area contributed by atoms with Crippen LogP contribution in [0.2, 0.25) is 0 Å². The zero-order valence-electron chi connectivity index (χ0n) is 30.8. The van der Waals surface area contributed by atoms with Gasteiger partial charge < -0.3 is 34.9 Å². The third kappa shape index (κ3) is 9.73. The maximum Gasteiger partial charge on any atom is 0.348 e. The zero-order chi connectivity index (χ0) is 37.8. The van der Waals surface area contributed by atoms with Gasteiger partial charge >= 0.3 is 25.8 Å². The second-order valence-corrected chi connectivity index (χ2v) is 17.8. The molecule has 1 atom stereocenters. The third-order valence-corrected chi connectivity index (χ3v) is 13.1. The molecule has 0 heterocycles. The number of hydrogen-bond donors (Lipinski definition) is 7. The van der Waals surface area contributed by atoms with Crippen LogP contribution in [-0.4, -0.2) is 34.9 Å². The largest absolute Gasteiger partial charge is 0.508 e. The Balaban J connectivity index is 2.62. The van der Waals surface area contributed by atoms with Crippen LogP contribution >= 0.6 is 25.8 Å². The van der Waals surface area contributed by atoms with Crippen LogP contribution in [0.4, 0.5) is 0 Å². The van der Waals surface area contributed by atoms with E-state index >= 15 is 0 Å². The van der Waals surface area contributed by atoms with Crippen LogP contribution in [0.3, 0.4) is 0 Å². The Morgan fingerprint density at radius 1 is 0.560 bits per heavy atom. The van der Waals surface area contributed by atoms with Gasteiger partial charge in [0.15, 0.2) is 0 Å². The molecule has 0 fully saturated rings. The highest BCUT2D eigenvalue weighted by Gasteiger charge is 2.48. The van der Waals surface area contributed by atoms with Gasteiger partial charge in [-0.15, -0.1) is 0 Å². The third-order valence-electron chi connectivity index (χ3n) is 10.4.